The molecule has 0 aliphatic rings. The Bertz CT molecular complexity index is 872. The molecule has 2 aromatic carbocycles. The second kappa shape index (κ2) is 22.1. The van der Waals surface area contributed by atoms with Gasteiger partial charge in [0.05, 0.1) is 0 Å². The number of aryl methyl sites for hydroxylation is 4. The van der Waals surface area contributed by atoms with Crippen LogP contribution in [0.25, 0.3) is 9.81 Å². The number of unbranched alkanes of at least 4 members (excludes halogenated alkanes) is 4. The van der Waals surface area contributed by atoms with Crippen molar-refractivity contribution < 1.29 is 16.5 Å². The third kappa shape index (κ3) is 13.8. The van der Waals surface area contributed by atoms with Crippen molar-refractivity contribution in [3.8, 4) is 0 Å². The summed E-state index contributed by atoms with van der Waals surface area (Å²) in [6.45, 7) is 8.87. The van der Waals surface area contributed by atoms with Crippen molar-refractivity contribution in [1.82, 2.24) is 0 Å². The fourth-order valence-electron chi connectivity index (χ4n) is 4.08. The normalized spacial score (nSPS) is 11.5. The molecular formula is C32H44NiS4-4. The van der Waals surface area contributed by atoms with Gasteiger partial charge in [-0.1, -0.05) is 89.8 Å². The quantitative estimate of drug-likeness (QED) is 0.153. The van der Waals surface area contributed by atoms with Gasteiger partial charge in [0.1, 0.15) is 0 Å². The average molecular weight is 616 g/mol. The van der Waals surface area contributed by atoms with E-state index in [1.54, 1.807) is 10.8 Å². The molecule has 0 amide bonds. The van der Waals surface area contributed by atoms with Crippen LogP contribution in [-0.4, -0.2) is 0 Å². The first-order valence-corrected chi connectivity index (χ1v) is 15.4. The van der Waals surface area contributed by atoms with E-state index in [0.29, 0.717) is 0 Å². The van der Waals surface area contributed by atoms with Gasteiger partial charge >= 0.3 is 0 Å². The Morgan fingerprint density at radius 2 is 0.892 bits per heavy atom. The van der Waals surface area contributed by atoms with Crippen LogP contribution in [0.5, 0.6) is 0 Å². The standard InChI is InChI=1S/2C16H24S2.Ni/c2*1-3-5-7-13-9-10-14(8-6-4-2)15(11-13)16(18)12-17;/h2*9-12,17-18H,3-8H2,1-2H3;/p-4/b2*16-12-;. The molecular weight excluding hydrogens is 571 g/mol. The monoisotopic (exact) mass is 614 g/mol. The molecule has 0 aliphatic heterocycles. The minimum atomic E-state index is 0. The zero-order chi connectivity index (χ0) is 26.8. The number of benzene rings is 2. The second-order valence-corrected chi connectivity index (χ2v) is 10.7. The molecule has 0 fully saturated rings. The molecule has 5 heteroatoms. The summed E-state index contributed by atoms with van der Waals surface area (Å²) in [4.78, 5) is 1.63. The molecule has 0 spiro atoms. The Balaban J connectivity index is 0.000000682. The molecule has 0 heterocycles. The molecule has 2 rings (SSSR count). The van der Waals surface area contributed by atoms with Gasteiger partial charge in [-0.2, -0.15) is 9.81 Å². The molecule has 0 saturated carbocycles. The van der Waals surface area contributed by atoms with E-state index in [-0.39, 0.29) is 16.5 Å². The first-order valence-electron chi connectivity index (χ1n) is 13.7. The summed E-state index contributed by atoms with van der Waals surface area (Å²) in [6, 6.07) is 13.5. The third-order valence-electron chi connectivity index (χ3n) is 6.33. The van der Waals surface area contributed by atoms with Crippen molar-refractivity contribution in [2.24, 2.45) is 0 Å². The summed E-state index contributed by atoms with van der Waals surface area (Å²) < 4.78 is 0. The van der Waals surface area contributed by atoms with Crippen LogP contribution in [0, 0.1) is 0 Å². The van der Waals surface area contributed by atoms with Gasteiger partial charge in [-0.3, -0.25) is 0 Å². The van der Waals surface area contributed by atoms with Crippen LogP contribution in [0.1, 0.15) is 112 Å². The Kier molecular flexibility index (Phi) is 21.7. The van der Waals surface area contributed by atoms with E-state index in [4.69, 9.17) is 50.5 Å². The van der Waals surface area contributed by atoms with Gasteiger partial charge in [0, 0.05) is 16.5 Å². The van der Waals surface area contributed by atoms with Gasteiger partial charge in [-0.15, -0.1) is 0 Å². The molecule has 37 heavy (non-hydrogen) atoms. The van der Waals surface area contributed by atoms with Crippen molar-refractivity contribution >= 4 is 60.3 Å². The summed E-state index contributed by atoms with van der Waals surface area (Å²) in [5.41, 5.74) is 7.83. The molecule has 2 aromatic rings. The van der Waals surface area contributed by atoms with Gasteiger partial charge in [0.2, 0.25) is 0 Å². The van der Waals surface area contributed by atoms with Crippen LogP contribution in [0.2, 0.25) is 0 Å². The summed E-state index contributed by atoms with van der Waals surface area (Å²) >= 11 is 20.7. The van der Waals surface area contributed by atoms with E-state index in [0.717, 1.165) is 35.5 Å². The Morgan fingerprint density at radius 1 is 0.568 bits per heavy atom. The maximum absolute atomic E-state index is 5.37. The maximum atomic E-state index is 5.37. The van der Waals surface area contributed by atoms with E-state index < -0.39 is 0 Å². The first-order chi connectivity index (χ1) is 17.4. The van der Waals surface area contributed by atoms with Crippen molar-refractivity contribution in [2.75, 3.05) is 0 Å². The van der Waals surface area contributed by atoms with E-state index in [1.165, 1.54) is 84.7 Å². The minimum absolute atomic E-state index is 0. The van der Waals surface area contributed by atoms with Crippen LogP contribution in [-0.2, 0) is 92.7 Å². The second-order valence-electron chi connectivity index (χ2n) is 9.36. The summed E-state index contributed by atoms with van der Waals surface area (Å²) in [6.07, 6.45) is 14.2. The number of hydrogen-bond acceptors (Lipinski definition) is 4. The van der Waals surface area contributed by atoms with Gasteiger partial charge in [0.15, 0.2) is 0 Å². The van der Waals surface area contributed by atoms with Crippen LogP contribution in [0.3, 0.4) is 0 Å². The number of rotatable bonds is 14. The molecule has 0 aromatic heterocycles. The summed E-state index contributed by atoms with van der Waals surface area (Å²) in [5, 5.41) is 3.26. The van der Waals surface area contributed by atoms with Crippen LogP contribution < -0.4 is 0 Å². The van der Waals surface area contributed by atoms with Crippen molar-refractivity contribution in [1.29, 1.82) is 0 Å². The Morgan fingerprint density at radius 3 is 1.19 bits per heavy atom. The van der Waals surface area contributed by atoms with Gasteiger partial charge < -0.3 is 50.5 Å². The van der Waals surface area contributed by atoms with Crippen LogP contribution in [0.15, 0.2) is 47.2 Å². The third-order valence-corrected chi connectivity index (χ3v) is 7.78. The average Bonchev–Trinajstić information content (AvgIpc) is 2.92. The van der Waals surface area contributed by atoms with Gasteiger partial charge in [-0.25, -0.2) is 10.8 Å². The van der Waals surface area contributed by atoms with Crippen molar-refractivity contribution in [3.05, 3.63) is 80.6 Å². The summed E-state index contributed by atoms with van der Waals surface area (Å²) in [7, 11) is 0. The minimum Gasteiger partial charge on any atom is -0.789 e. The SMILES string of the molecule is CCCCc1ccc(CCCC)c(/C([S-])=C/[S-])c1.CCCCc1ccc(CCCC)c(/C([S-])=C/[S-])c1.[Ni]. The van der Waals surface area contributed by atoms with Crippen LogP contribution in [0.4, 0.5) is 0 Å². The topological polar surface area (TPSA) is 0 Å². The molecule has 0 unspecified atom stereocenters. The van der Waals surface area contributed by atoms with E-state index >= 15 is 0 Å². The summed E-state index contributed by atoms with van der Waals surface area (Å²) in [5.74, 6) is 0. The molecule has 0 saturated heterocycles. The molecule has 210 valence electrons. The largest absolute Gasteiger partial charge is 0.789 e. The van der Waals surface area contributed by atoms with E-state index in [9.17, 15) is 0 Å². The zero-order valence-electron chi connectivity index (χ0n) is 23.1. The Labute approximate surface area is 260 Å². The van der Waals surface area contributed by atoms with Crippen molar-refractivity contribution in [3.63, 3.8) is 0 Å². The molecule has 0 nitrogen and oxygen atoms in total. The molecule has 0 atom stereocenters. The molecule has 0 aliphatic carbocycles. The fourth-order valence-corrected chi connectivity index (χ4v) is 4.71. The Hall–Kier alpha value is -0.706. The number of hydrogen-bond donors (Lipinski definition) is 0. The molecule has 0 radical (unpaired) electrons. The zero-order valence-corrected chi connectivity index (χ0v) is 27.3. The van der Waals surface area contributed by atoms with Crippen molar-refractivity contribution in [2.45, 2.75) is 105 Å². The predicted molar refractivity (Wildman–Crippen MR) is 173 cm³/mol. The molecule has 0 bridgehead atoms. The fraction of sp³-hybridized carbons (Fsp3) is 0.500. The van der Waals surface area contributed by atoms with E-state index in [1.807, 2.05) is 0 Å². The smallest absolute Gasteiger partial charge is 0 e. The molecule has 0 N–H and O–H groups in total. The van der Waals surface area contributed by atoms with Crippen LogP contribution >= 0.6 is 0 Å². The van der Waals surface area contributed by atoms with Gasteiger partial charge in [-0.05, 0) is 84.7 Å². The first kappa shape index (κ1) is 36.3. The maximum Gasteiger partial charge on any atom is 0 e. The van der Waals surface area contributed by atoms with E-state index in [2.05, 4.69) is 64.1 Å². The van der Waals surface area contributed by atoms with Gasteiger partial charge in [0.25, 0.3) is 0 Å². The predicted octanol–water partition coefficient (Wildman–Crippen LogP) is 9.53.